The van der Waals surface area contributed by atoms with Gasteiger partial charge >= 0.3 is 5.69 Å². The van der Waals surface area contributed by atoms with E-state index in [0.717, 1.165) is 5.56 Å². The average Bonchev–Trinajstić information content (AvgIpc) is 2.26. The molecule has 0 N–H and O–H groups in total. The zero-order valence-electron chi connectivity index (χ0n) is 8.94. The summed E-state index contributed by atoms with van der Waals surface area (Å²) < 4.78 is 10.0. The predicted octanol–water partition coefficient (Wildman–Crippen LogP) is 2.17. The van der Waals surface area contributed by atoms with Crippen LogP contribution in [0.4, 0.5) is 5.69 Å². The van der Waals surface area contributed by atoms with Crippen molar-refractivity contribution in [3.63, 3.8) is 0 Å². The van der Waals surface area contributed by atoms with Gasteiger partial charge < -0.3 is 9.47 Å². The Hall–Kier alpha value is -1.78. The molecule has 0 atom stereocenters. The first kappa shape index (κ1) is 11.3. The van der Waals surface area contributed by atoms with Gasteiger partial charge in [-0.1, -0.05) is 6.92 Å². The van der Waals surface area contributed by atoms with Gasteiger partial charge in [0.1, 0.15) is 5.75 Å². The van der Waals surface area contributed by atoms with Gasteiger partial charge in [0.25, 0.3) is 0 Å². The van der Waals surface area contributed by atoms with E-state index in [9.17, 15) is 10.1 Å². The highest BCUT2D eigenvalue weighted by Gasteiger charge is 2.18. The lowest BCUT2D eigenvalue weighted by Crippen LogP contribution is -1.98. The van der Waals surface area contributed by atoms with E-state index in [0.29, 0.717) is 12.2 Å². The lowest BCUT2D eigenvalue weighted by molar-refractivity contribution is -0.385. The zero-order valence-corrected chi connectivity index (χ0v) is 8.94. The SMILES string of the molecule is CCc1cc([N+](=O)[O-])c(OC)cc1OC. The first-order valence-corrected chi connectivity index (χ1v) is 4.53. The number of aryl methyl sites for hydroxylation is 1. The molecule has 5 nitrogen and oxygen atoms in total. The van der Waals surface area contributed by atoms with Crippen molar-refractivity contribution in [2.24, 2.45) is 0 Å². The standard InChI is InChI=1S/C10H13NO4/c1-4-7-5-8(11(12)13)10(15-3)6-9(7)14-2/h5-6H,4H2,1-3H3. The quantitative estimate of drug-likeness (QED) is 0.565. The van der Waals surface area contributed by atoms with Crippen molar-refractivity contribution in [1.82, 2.24) is 0 Å². The third kappa shape index (κ3) is 2.18. The number of hydrogen-bond acceptors (Lipinski definition) is 4. The third-order valence-electron chi connectivity index (χ3n) is 2.16. The Morgan fingerprint density at radius 3 is 2.27 bits per heavy atom. The molecule has 0 aliphatic heterocycles. The number of ether oxygens (including phenoxy) is 2. The highest BCUT2D eigenvalue weighted by molar-refractivity contribution is 5.54. The summed E-state index contributed by atoms with van der Waals surface area (Å²) >= 11 is 0. The Morgan fingerprint density at radius 2 is 1.87 bits per heavy atom. The molecule has 5 heteroatoms. The third-order valence-corrected chi connectivity index (χ3v) is 2.16. The second-order valence-electron chi connectivity index (χ2n) is 2.95. The molecule has 0 unspecified atom stereocenters. The molecule has 0 saturated heterocycles. The number of nitro groups is 1. The second kappa shape index (κ2) is 4.63. The monoisotopic (exact) mass is 211 g/mol. The van der Waals surface area contributed by atoms with Crippen LogP contribution < -0.4 is 9.47 Å². The lowest BCUT2D eigenvalue weighted by atomic mass is 10.1. The highest BCUT2D eigenvalue weighted by atomic mass is 16.6. The zero-order chi connectivity index (χ0) is 11.4. The molecular weight excluding hydrogens is 198 g/mol. The summed E-state index contributed by atoms with van der Waals surface area (Å²) in [5.41, 5.74) is 0.764. The van der Waals surface area contributed by atoms with Crippen molar-refractivity contribution in [3.8, 4) is 11.5 Å². The average molecular weight is 211 g/mol. The normalized spacial score (nSPS) is 9.80. The number of hydrogen-bond donors (Lipinski definition) is 0. The van der Waals surface area contributed by atoms with Crippen LogP contribution >= 0.6 is 0 Å². The maximum absolute atomic E-state index is 10.7. The molecule has 0 radical (unpaired) electrons. The maximum atomic E-state index is 10.7. The summed E-state index contributed by atoms with van der Waals surface area (Å²) in [6, 6.07) is 3.02. The van der Waals surface area contributed by atoms with E-state index >= 15 is 0 Å². The molecule has 0 heterocycles. The lowest BCUT2D eigenvalue weighted by Gasteiger charge is -2.09. The summed E-state index contributed by atoms with van der Waals surface area (Å²) in [5.74, 6) is 0.828. The molecule has 15 heavy (non-hydrogen) atoms. The Morgan fingerprint density at radius 1 is 1.27 bits per heavy atom. The van der Waals surface area contributed by atoms with Crippen molar-refractivity contribution in [2.45, 2.75) is 13.3 Å². The Balaban J connectivity index is 3.34. The van der Waals surface area contributed by atoms with Gasteiger partial charge in [0.15, 0.2) is 0 Å². The number of nitro benzene ring substituents is 1. The fourth-order valence-corrected chi connectivity index (χ4v) is 1.37. The van der Waals surface area contributed by atoms with Gasteiger partial charge in [0.2, 0.25) is 5.75 Å². The molecule has 0 amide bonds. The summed E-state index contributed by atoms with van der Waals surface area (Å²) in [6.07, 6.45) is 0.675. The van der Waals surface area contributed by atoms with Crippen molar-refractivity contribution in [2.75, 3.05) is 14.2 Å². The van der Waals surface area contributed by atoms with E-state index < -0.39 is 4.92 Å². The molecule has 0 aliphatic carbocycles. The number of rotatable bonds is 4. The summed E-state index contributed by atoms with van der Waals surface area (Å²) in [6.45, 7) is 1.91. The first-order chi connectivity index (χ1) is 7.13. The van der Waals surface area contributed by atoms with Gasteiger partial charge in [-0.25, -0.2) is 0 Å². The Bertz CT molecular complexity index is 376. The molecule has 0 saturated carbocycles. The van der Waals surface area contributed by atoms with Crippen molar-refractivity contribution in [1.29, 1.82) is 0 Å². The Kier molecular flexibility index (Phi) is 3.49. The fourth-order valence-electron chi connectivity index (χ4n) is 1.37. The summed E-state index contributed by atoms with van der Waals surface area (Å²) in [4.78, 5) is 10.3. The van der Waals surface area contributed by atoms with Crippen LogP contribution in [0.1, 0.15) is 12.5 Å². The van der Waals surface area contributed by atoms with Gasteiger partial charge in [-0.2, -0.15) is 0 Å². The minimum Gasteiger partial charge on any atom is -0.496 e. The molecule has 1 aromatic rings. The van der Waals surface area contributed by atoms with Crippen molar-refractivity contribution < 1.29 is 14.4 Å². The predicted molar refractivity (Wildman–Crippen MR) is 55.6 cm³/mol. The molecule has 1 rings (SSSR count). The van der Waals surface area contributed by atoms with E-state index in [4.69, 9.17) is 9.47 Å². The molecule has 0 spiro atoms. The van der Waals surface area contributed by atoms with Gasteiger partial charge in [0, 0.05) is 17.7 Å². The van der Waals surface area contributed by atoms with E-state index in [-0.39, 0.29) is 11.4 Å². The van der Waals surface area contributed by atoms with Gasteiger partial charge in [-0.15, -0.1) is 0 Å². The molecular formula is C10H13NO4. The minimum atomic E-state index is -0.461. The molecule has 0 aromatic heterocycles. The van der Waals surface area contributed by atoms with Crippen LogP contribution in [0.25, 0.3) is 0 Å². The Labute approximate surface area is 87.8 Å². The maximum Gasteiger partial charge on any atom is 0.311 e. The summed E-state index contributed by atoms with van der Waals surface area (Å²) in [5, 5.41) is 10.7. The number of benzene rings is 1. The van der Waals surface area contributed by atoms with Crippen LogP contribution in [0, 0.1) is 10.1 Å². The van der Waals surface area contributed by atoms with E-state index in [1.807, 2.05) is 6.92 Å². The second-order valence-corrected chi connectivity index (χ2v) is 2.95. The van der Waals surface area contributed by atoms with Crippen LogP contribution in [0.5, 0.6) is 11.5 Å². The van der Waals surface area contributed by atoms with Crippen LogP contribution in [0.3, 0.4) is 0 Å². The van der Waals surface area contributed by atoms with Gasteiger partial charge in [-0.3, -0.25) is 10.1 Å². The first-order valence-electron chi connectivity index (χ1n) is 4.53. The summed E-state index contributed by atoms with van der Waals surface area (Å²) in [7, 11) is 2.92. The molecule has 0 fully saturated rings. The van der Waals surface area contributed by atoms with Crippen LogP contribution in [-0.4, -0.2) is 19.1 Å². The fraction of sp³-hybridized carbons (Fsp3) is 0.400. The number of nitrogens with zero attached hydrogens (tertiary/aromatic N) is 1. The van der Waals surface area contributed by atoms with Crippen molar-refractivity contribution >= 4 is 5.69 Å². The van der Waals surface area contributed by atoms with Crippen LogP contribution in [0.2, 0.25) is 0 Å². The van der Waals surface area contributed by atoms with Gasteiger partial charge in [-0.05, 0) is 6.42 Å². The minimum absolute atomic E-state index is 0.0323. The molecule has 0 aliphatic rings. The van der Waals surface area contributed by atoms with E-state index in [1.165, 1.54) is 26.4 Å². The van der Waals surface area contributed by atoms with Crippen molar-refractivity contribution in [3.05, 3.63) is 27.8 Å². The molecule has 82 valence electrons. The topological polar surface area (TPSA) is 61.6 Å². The van der Waals surface area contributed by atoms with Crippen LogP contribution in [0.15, 0.2) is 12.1 Å². The van der Waals surface area contributed by atoms with E-state index in [2.05, 4.69) is 0 Å². The number of methoxy groups -OCH3 is 2. The largest absolute Gasteiger partial charge is 0.496 e. The molecule has 0 bridgehead atoms. The molecule has 1 aromatic carbocycles. The smallest absolute Gasteiger partial charge is 0.311 e. The highest BCUT2D eigenvalue weighted by Crippen LogP contribution is 2.34. The van der Waals surface area contributed by atoms with Gasteiger partial charge in [0.05, 0.1) is 19.1 Å². The van der Waals surface area contributed by atoms with Crippen LogP contribution in [-0.2, 0) is 6.42 Å². The van der Waals surface area contributed by atoms with E-state index in [1.54, 1.807) is 0 Å².